The molecule has 15 heteroatoms. The minimum atomic E-state index is -1.69. The van der Waals surface area contributed by atoms with Gasteiger partial charge >= 0.3 is 12.1 Å². The molecule has 1 saturated heterocycles. The number of carbonyl (C=O) groups is 4. The first-order valence-electron chi connectivity index (χ1n) is 13.9. The Kier molecular flexibility index (Phi) is 8.74. The SMILES string of the molecule is CC(C)(C)OC(=O)NC(C(=O)N[C@H]1[C@@H](O)[C@H](n2cnc3c(NC(=O)c4ccccc4)ncnc32)O[C@@H]1C(=O)O)c1ccccc1. The number of aliphatic hydroxyl groups is 1. The number of carboxylic acids is 1. The highest BCUT2D eigenvalue weighted by molar-refractivity contribution is 6.06. The molecule has 1 aliphatic rings. The number of carboxylic acid groups (broad SMARTS) is 1. The van der Waals surface area contributed by atoms with Crippen LogP contribution in [0.1, 0.15) is 49.0 Å². The highest BCUT2D eigenvalue weighted by Gasteiger charge is 2.50. The topological polar surface area (TPSA) is 207 Å². The maximum absolute atomic E-state index is 13.6. The number of anilines is 1. The molecule has 0 spiro atoms. The summed E-state index contributed by atoms with van der Waals surface area (Å²) in [6, 6.07) is 14.0. The number of benzene rings is 2. The number of imidazole rings is 1. The van der Waals surface area contributed by atoms with E-state index >= 15 is 0 Å². The van der Waals surface area contributed by atoms with Crippen molar-refractivity contribution in [2.75, 3.05) is 5.32 Å². The molecule has 234 valence electrons. The van der Waals surface area contributed by atoms with Gasteiger partial charge in [-0.15, -0.1) is 0 Å². The van der Waals surface area contributed by atoms with E-state index in [2.05, 4.69) is 30.9 Å². The van der Waals surface area contributed by atoms with Crippen molar-refractivity contribution >= 4 is 40.9 Å². The molecular weight excluding hydrogens is 586 g/mol. The van der Waals surface area contributed by atoms with Gasteiger partial charge in [-0.25, -0.2) is 24.5 Å². The molecule has 4 aromatic rings. The summed E-state index contributed by atoms with van der Waals surface area (Å²) in [4.78, 5) is 63.7. The molecule has 0 aliphatic carbocycles. The number of ether oxygens (including phenoxy) is 2. The van der Waals surface area contributed by atoms with Gasteiger partial charge in [0.25, 0.3) is 5.91 Å². The van der Waals surface area contributed by atoms with Crippen LogP contribution in [0.25, 0.3) is 11.2 Å². The van der Waals surface area contributed by atoms with E-state index < -0.39 is 60.0 Å². The van der Waals surface area contributed by atoms with Gasteiger partial charge in [0.15, 0.2) is 29.3 Å². The van der Waals surface area contributed by atoms with Crippen molar-refractivity contribution in [2.45, 2.75) is 56.9 Å². The van der Waals surface area contributed by atoms with Gasteiger partial charge in [0, 0.05) is 5.56 Å². The fourth-order valence-corrected chi connectivity index (χ4v) is 4.79. The molecule has 1 fully saturated rings. The lowest BCUT2D eigenvalue weighted by atomic mass is 10.0. The Balaban J connectivity index is 1.39. The Bertz CT molecular complexity index is 1710. The van der Waals surface area contributed by atoms with Crippen LogP contribution in [0.15, 0.2) is 73.3 Å². The summed E-state index contributed by atoms with van der Waals surface area (Å²) >= 11 is 0. The molecule has 45 heavy (non-hydrogen) atoms. The number of alkyl carbamates (subject to hydrolysis) is 1. The Morgan fingerprint density at radius 2 is 1.64 bits per heavy atom. The summed E-state index contributed by atoms with van der Waals surface area (Å²) in [6.45, 7) is 5.00. The average Bonchev–Trinajstić information content (AvgIpc) is 3.57. The molecule has 2 aromatic heterocycles. The van der Waals surface area contributed by atoms with Crippen LogP contribution in [0, 0.1) is 0 Å². The predicted molar refractivity (Wildman–Crippen MR) is 158 cm³/mol. The summed E-state index contributed by atoms with van der Waals surface area (Å²) in [6.07, 6.45) is -3.11. The lowest BCUT2D eigenvalue weighted by Crippen LogP contribution is -2.53. The zero-order chi connectivity index (χ0) is 32.3. The van der Waals surface area contributed by atoms with E-state index in [9.17, 15) is 29.4 Å². The number of carbonyl (C=O) groups excluding carboxylic acids is 3. The zero-order valence-corrected chi connectivity index (χ0v) is 24.4. The lowest BCUT2D eigenvalue weighted by Gasteiger charge is -2.26. The maximum atomic E-state index is 13.6. The molecule has 2 aromatic carbocycles. The number of amides is 3. The van der Waals surface area contributed by atoms with E-state index in [1.807, 2.05) is 0 Å². The summed E-state index contributed by atoms with van der Waals surface area (Å²) in [5.74, 6) is -2.62. The summed E-state index contributed by atoms with van der Waals surface area (Å²) < 4.78 is 12.3. The molecular formula is C30H31N7O8. The molecule has 15 nitrogen and oxygen atoms in total. The Labute approximate surface area is 256 Å². The van der Waals surface area contributed by atoms with Crippen LogP contribution in [0.5, 0.6) is 0 Å². The van der Waals surface area contributed by atoms with Gasteiger partial charge in [-0.05, 0) is 38.5 Å². The van der Waals surface area contributed by atoms with Crippen LogP contribution in [0.4, 0.5) is 10.6 Å². The highest BCUT2D eigenvalue weighted by Crippen LogP contribution is 2.33. The minimum absolute atomic E-state index is 0.0821. The molecule has 0 radical (unpaired) electrons. The van der Waals surface area contributed by atoms with E-state index in [4.69, 9.17) is 9.47 Å². The summed E-state index contributed by atoms with van der Waals surface area (Å²) in [7, 11) is 0. The van der Waals surface area contributed by atoms with Crippen molar-refractivity contribution in [3.63, 3.8) is 0 Å². The van der Waals surface area contributed by atoms with Crippen LogP contribution in [0.2, 0.25) is 0 Å². The molecule has 5 atom stereocenters. The molecule has 3 amide bonds. The first kappa shape index (κ1) is 31.0. The number of nitrogens with one attached hydrogen (secondary N) is 3. The van der Waals surface area contributed by atoms with Crippen molar-refractivity contribution < 1.29 is 38.9 Å². The van der Waals surface area contributed by atoms with Gasteiger partial charge in [0.1, 0.15) is 24.1 Å². The predicted octanol–water partition coefficient (Wildman–Crippen LogP) is 2.17. The quantitative estimate of drug-likeness (QED) is 0.194. The van der Waals surface area contributed by atoms with Crippen LogP contribution < -0.4 is 16.0 Å². The molecule has 1 unspecified atom stereocenters. The van der Waals surface area contributed by atoms with E-state index in [1.54, 1.807) is 81.4 Å². The van der Waals surface area contributed by atoms with Crippen molar-refractivity contribution in [3.05, 3.63) is 84.4 Å². The second-order valence-electron chi connectivity index (χ2n) is 11.2. The van der Waals surface area contributed by atoms with Crippen LogP contribution >= 0.6 is 0 Å². The standard InChI is InChI=1S/C30H31N7O8/c1-30(2,3)45-29(43)35-18(16-10-6-4-7-11-16)26(40)34-19-21(38)27(44-22(19)28(41)42)37-15-33-20-23(31-14-32-24(20)37)36-25(39)17-12-8-5-9-13-17/h4-15,18-19,21-22,27,38H,1-3H3,(H,34,40)(H,35,43)(H,41,42)(H,31,32,36,39)/t18?,19-,21+,22-,27+/m0/s1. The first-order chi connectivity index (χ1) is 21.4. The van der Waals surface area contributed by atoms with E-state index in [1.165, 1.54) is 17.2 Å². The number of nitrogens with zero attached hydrogens (tertiary/aromatic N) is 4. The van der Waals surface area contributed by atoms with Gasteiger partial charge in [0.2, 0.25) is 5.91 Å². The van der Waals surface area contributed by atoms with E-state index in [0.717, 1.165) is 0 Å². The maximum Gasteiger partial charge on any atom is 0.408 e. The van der Waals surface area contributed by atoms with Gasteiger partial charge in [-0.3, -0.25) is 14.2 Å². The second kappa shape index (κ2) is 12.7. The van der Waals surface area contributed by atoms with Crippen LogP contribution in [-0.2, 0) is 19.1 Å². The number of fused-ring (bicyclic) bond motifs is 1. The number of hydrogen-bond acceptors (Lipinski definition) is 10. The molecule has 0 saturated carbocycles. The molecule has 5 N–H and O–H groups in total. The zero-order valence-electron chi connectivity index (χ0n) is 24.4. The number of rotatable bonds is 8. The minimum Gasteiger partial charge on any atom is -0.479 e. The normalized spacial score (nSPS) is 20.3. The molecule has 3 heterocycles. The highest BCUT2D eigenvalue weighted by atomic mass is 16.6. The molecule has 5 rings (SSSR count). The number of hydrogen-bond donors (Lipinski definition) is 5. The molecule has 0 bridgehead atoms. The van der Waals surface area contributed by atoms with Crippen molar-refractivity contribution in [1.29, 1.82) is 0 Å². The monoisotopic (exact) mass is 617 g/mol. The van der Waals surface area contributed by atoms with Gasteiger partial charge in [-0.2, -0.15) is 0 Å². The van der Waals surface area contributed by atoms with Crippen molar-refractivity contribution in [2.24, 2.45) is 0 Å². The fourth-order valence-electron chi connectivity index (χ4n) is 4.79. The third-order valence-corrected chi connectivity index (χ3v) is 6.78. The largest absolute Gasteiger partial charge is 0.479 e. The number of aliphatic hydroxyl groups excluding tert-OH is 1. The fraction of sp³-hybridized carbons (Fsp3) is 0.300. The summed E-state index contributed by atoms with van der Waals surface area (Å²) in [5.41, 5.74) is 0.210. The van der Waals surface area contributed by atoms with E-state index in [-0.39, 0.29) is 17.0 Å². The van der Waals surface area contributed by atoms with Gasteiger partial charge < -0.3 is 35.6 Å². The average molecular weight is 618 g/mol. The first-order valence-corrected chi connectivity index (χ1v) is 13.9. The van der Waals surface area contributed by atoms with Crippen LogP contribution in [-0.4, -0.2) is 77.5 Å². The third kappa shape index (κ3) is 6.89. The van der Waals surface area contributed by atoms with E-state index in [0.29, 0.717) is 11.1 Å². The van der Waals surface area contributed by atoms with Gasteiger partial charge in [-0.1, -0.05) is 48.5 Å². The third-order valence-electron chi connectivity index (χ3n) is 6.78. The van der Waals surface area contributed by atoms with Crippen molar-refractivity contribution in [1.82, 2.24) is 30.2 Å². The van der Waals surface area contributed by atoms with Gasteiger partial charge in [0.05, 0.1) is 12.4 Å². The van der Waals surface area contributed by atoms with Crippen molar-refractivity contribution in [3.8, 4) is 0 Å². The number of aromatic nitrogens is 4. The summed E-state index contributed by atoms with van der Waals surface area (Å²) in [5, 5.41) is 29.0. The second-order valence-corrected chi connectivity index (χ2v) is 11.2. The molecule has 1 aliphatic heterocycles. The lowest BCUT2D eigenvalue weighted by molar-refractivity contribution is -0.152. The number of aliphatic carboxylic acids is 1. The Morgan fingerprint density at radius 3 is 2.29 bits per heavy atom. The van der Waals surface area contributed by atoms with Crippen LogP contribution in [0.3, 0.4) is 0 Å². The Hall–Kier alpha value is -5.41. The smallest absolute Gasteiger partial charge is 0.408 e. The Morgan fingerprint density at radius 1 is 0.978 bits per heavy atom.